The smallest absolute Gasteiger partial charge is 0.150 e. The van der Waals surface area contributed by atoms with Gasteiger partial charge in [-0.3, -0.25) is 9.48 Å². The minimum Gasteiger partial charge on any atom is -0.339 e. The van der Waals surface area contributed by atoms with Crippen LogP contribution in [-0.2, 0) is 6.54 Å². The predicted octanol–water partition coefficient (Wildman–Crippen LogP) is 3.93. The van der Waals surface area contributed by atoms with Crippen LogP contribution in [0.2, 0.25) is 0 Å². The van der Waals surface area contributed by atoms with Gasteiger partial charge in [0.05, 0.1) is 6.20 Å². The Balaban J connectivity index is 1.86. The highest BCUT2D eigenvalue weighted by Crippen LogP contribution is 2.31. The highest BCUT2D eigenvalue weighted by atomic mass is 16.1. The van der Waals surface area contributed by atoms with E-state index in [0.717, 1.165) is 46.2 Å². The topological polar surface area (TPSA) is 63.6 Å². The summed E-state index contributed by atoms with van der Waals surface area (Å²) < 4.78 is 1.91. The highest BCUT2D eigenvalue weighted by Gasteiger charge is 2.11. The van der Waals surface area contributed by atoms with Gasteiger partial charge in [0.2, 0.25) is 0 Å². The summed E-state index contributed by atoms with van der Waals surface area (Å²) in [6.45, 7) is 2.90. The number of nitrogens with zero attached hydrogens (tertiary/aromatic N) is 3. The van der Waals surface area contributed by atoms with E-state index in [1.54, 1.807) is 12.3 Å². The summed E-state index contributed by atoms with van der Waals surface area (Å²) in [5.41, 5.74) is 5.54. The summed E-state index contributed by atoms with van der Waals surface area (Å²) in [4.78, 5) is 18.8. The zero-order chi connectivity index (χ0) is 16.5. The van der Waals surface area contributed by atoms with Gasteiger partial charge in [0, 0.05) is 41.1 Å². The first-order chi connectivity index (χ1) is 11.8. The molecule has 0 atom stereocenters. The Morgan fingerprint density at radius 2 is 2.12 bits per heavy atom. The Morgan fingerprint density at radius 1 is 1.21 bits per heavy atom. The number of aromatic amines is 1. The summed E-state index contributed by atoms with van der Waals surface area (Å²) in [5.74, 6) is 0. The fraction of sp³-hybridized carbons (Fsp3) is 0.105. The van der Waals surface area contributed by atoms with Crippen molar-refractivity contribution >= 4 is 17.3 Å². The SMILES string of the molecule is CCn1cc(-c2ccnc3[nH]c(-c4cccc(C=O)c4)cc23)cn1. The van der Waals surface area contributed by atoms with Crippen molar-refractivity contribution in [2.24, 2.45) is 0 Å². The maximum absolute atomic E-state index is 11.0. The molecule has 0 aliphatic rings. The van der Waals surface area contributed by atoms with Crippen LogP contribution in [0.4, 0.5) is 0 Å². The van der Waals surface area contributed by atoms with E-state index in [1.807, 2.05) is 41.3 Å². The average Bonchev–Trinajstić information content (AvgIpc) is 3.28. The third-order valence-corrected chi connectivity index (χ3v) is 4.13. The van der Waals surface area contributed by atoms with Gasteiger partial charge in [-0.05, 0) is 36.2 Å². The summed E-state index contributed by atoms with van der Waals surface area (Å²) in [5, 5.41) is 5.39. The van der Waals surface area contributed by atoms with Crippen LogP contribution in [0.1, 0.15) is 17.3 Å². The van der Waals surface area contributed by atoms with E-state index < -0.39 is 0 Å². The van der Waals surface area contributed by atoms with Crippen molar-refractivity contribution in [2.75, 3.05) is 0 Å². The van der Waals surface area contributed by atoms with Gasteiger partial charge in [-0.25, -0.2) is 4.98 Å². The monoisotopic (exact) mass is 316 g/mol. The lowest BCUT2D eigenvalue weighted by molar-refractivity contribution is 0.112. The number of hydrogen-bond donors (Lipinski definition) is 1. The van der Waals surface area contributed by atoms with Gasteiger partial charge in [0.1, 0.15) is 11.9 Å². The fourth-order valence-corrected chi connectivity index (χ4v) is 2.89. The predicted molar refractivity (Wildman–Crippen MR) is 93.8 cm³/mol. The Kier molecular flexibility index (Phi) is 3.46. The minimum absolute atomic E-state index is 0.656. The number of nitrogens with one attached hydrogen (secondary N) is 1. The van der Waals surface area contributed by atoms with Gasteiger partial charge in [-0.2, -0.15) is 5.10 Å². The zero-order valence-electron chi connectivity index (χ0n) is 13.2. The number of rotatable bonds is 4. The molecule has 0 saturated carbocycles. The molecule has 0 amide bonds. The molecule has 0 saturated heterocycles. The molecule has 0 spiro atoms. The normalized spacial score (nSPS) is 11.0. The molecule has 0 radical (unpaired) electrons. The van der Waals surface area contributed by atoms with Crippen LogP contribution in [0, 0.1) is 0 Å². The fourth-order valence-electron chi connectivity index (χ4n) is 2.89. The molecule has 0 bridgehead atoms. The van der Waals surface area contributed by atoms with Crippen molar-refractivity contribution in [3.63, 3.8) is 0 Å². The number of H-pyrrole nitrogens is 1. The van der Waals surface area contributed by atoms with Crippen molar-refractivity contribution in [3.8, 4) is 22.4 Å². The molecule has 1 aromatic carbocycles. The molecule has 118 valence electrons. The Bertz CT molecular complexity index is 1030. The van der Waals surface area contributed by atoms with Gasteiger partial charge in [-0.15, -0.1) is 0 Å². The number of fused-ring (bicyclic) bond motifs is 1. The van der Waals surface area contributed by atoms with E-state index in [4.69, 9.17) is 0 Å². The molecular weight excluding hydrogens is 300 g/mol. The Hall–Kier alpha value is -3.21. The molecule has 0 aliphatic carbocycles. The lowest BCUT2D eigenvalue weighted by Gasteiger charge is -1.98. The van der Waals surface area contributed by atoms with Gasteiger partial charge < -0.3 is 4.98 Å². The zero-order valence-corrected chi connectivity index (χ0v) is 13.2. The van der Waals surface area contributed by atoms with Crippen LogP contribution in [-0.4, -0.2) is 26.0 Å². The van der Waals surface area contributed by atoms with Crippen LogP contribution in [0.3, 0.4) is 0 Å². The number of benzene rings is 1. The highest BCUT2D eigenvalue weighted by molar-refractivity contribution is 5.96. The molecule has 1 N–H and O–H groups in total. The van der Waals surface area contributed by atoms with Crippen molar-refractivity contribution < 1.29 is 4.79 Å². The second-order valence-corrected chi connectivity index (χ2v) is 5.63. The lowest BCUT2D eigenvalue weighted by atomic mass is 10.1. The molecule has 0 aliphatic heterocycles. The molecule has 0 unspecified atom stereocenters. The first-order valence-electron chi connectivity index (χ1n) is 7.84. The molecular formula is C19H16N4O. The van der Waals surface area contributed by atoms with Crippen LogP contribution < -0.4 is 0 Å². The van der Waals surface area contributed by atoms with E-state index in [9.17, 15) is 4.79 Å². The molecule has 0 fully saturated rings. The molecule has 3 heterocycles. The number of aldehydes is 1. The summed E-state index contributed by atoms with van der Waals surface area (Å²) in [6, 6.07) is 11.6. The third kappa shape index (κ3) is 2.40. The molecule has 5 nitrogen and oxygen atoms in total. The number of hydrogen-bond acceptors (Lipinski definition) is 3. The van der Waals surface area contributed by atoms with E-state index in [-0.39, 0.29) is 0 Å². The van der Waals surface area contributed by atoms with Gasteiger partial charge in [0.25, 0.3) is 0 Å². The third-order valence-electron chi connectivity index (χ3n) is 4.13. The standard InChI is InChI=1S/C19H16N4O/c1-2-23-11-15(10-21-23)16-6-7-20-19-17(16)9-18(22-19)14-5-3-4-13(8-14)12-24/h3-12H,2H2,1H3,(H,20,22). The van der Waals surface area contributed by atoms with Crippen molar-refractivity contribution in [1.29, 1.82) is 0 Å². The first-order valence-corrected chi connectivity index (χ1v) is 7.84. The summed E-state index contributed by atoms with van der Waals surface area (Å²) in [7, 11) is 0. The minimum atomic E-state index is 0.656. The average molecular weight is 316 g/mol. The molecule has 24 heavy (non-hydrogen) atoms. The second-order valence-electron chi connectivity index (χ2n) is 5.63. The maximum atomic E-state index is 11.0. The second kappa shape index (κ2) is 5.77. The lowest BCUT2D eigenvalue weighted by Crippen LogP contribution is -1.92. The number of pyridine rings is 1. The van der Waals surface area contributed by atoms with Crippen molar-refractivity contribution in [1.82, 2.24) is 19.7 Å². The summed E-state index contributed by atoms with van der Waals surface area (Å²) >= 11 is 0. The van der Waals surface area contributed by atoms with E-state index in [2.05, 4.69) is 28.1 Å². The maximum Gasteiger partial charge on any atom is 0.150 e. The van der Waals surface area contributed by atoms with E-state index >= 15 is 0 Å². The number of carbonyl (C=O) groups excluding carboxylic acids is 1. The largest absolute Gasteiger partial charge is 0.339 e. The van der Waals surface area contributed by atoms with Crippen LogP contribution in [0.15, 0.2) is 55.0 Å². The number of aryl methyl sites for hydroxylation is 1. The van der Waals surface area contributed by atoms with E-state index in [0.29, 0.717) is 5.56 Å². The van der Waals surface area contributed by atoms with Crippen molar-refractivity contribution in [2.45, 2.75) is 13.5 Å². The van der Waals surface area contributed by atoms with Crippen LogP contribution in [0.5, 0.6) is 0 Å². The van der Waals surface area contributed by atoms with Gasteiger partial charge in [-0.1, -0.05) is 18.2 Å². The van der Waals surface area contributed by atoms with E-state index in [1.165, 1.54) is 0 Å². The quantitative estimate of drug-likeness (QED) is 0.580. The van der Waals surface area contributed by atoms with Gasteiger partial charge >= 0.3 is 0 Å². The van der Waals surface area contributed by atoms with Crippen LogP contribution >= 0.6 is 0 Å². The van der Waals surface area contributed by atoms with Crippen molar-refractivity contribution in [3.05, 3.63) is 60.6 Å². The summed E-state index contributed by atoms with van der Waals surface area (Å²) in [6.07, 6.45) is 6.56. The molecule has 3 aromatic heterocycles. The Morgan fingerprint density at radius 3 is 2.92 bits per heavy atom. The number of carbonyl (C=O) groups is 1. The number of aromatic nitrogens is 4. The molecule has 4 rings (SSSR count). The first kappa shape index (κ1) is 14.4. The van der Waals surface area contributed by atoms with Gasteiger partial charge in [0.15, 0.2) is 0 Å². The van der Waals surface area contributed by atoms with Crippen LogP contribution in [0.25, 0.3) is 33.4 Å². The molecule has 5 heteroatoms. The molecule has 4 aromatic rings. The Labute approximate surface area is 139 Å².